The summed E-state index contributed by atoms with van der Waals surface area (Å²) in [6.07, 6.45) is 5.04. The molecule has 4 heteroatoms. The van der Waals surface area contributed by atoms with E-state index in [2.05, 4.69) is 37.1 Å². The molecule has 2 bridgehead atoms. The molecule has 138 valence electrons. The Morgan fingerprint density at radius 2 is 1.92 bits per heavy atom. The molecule has 0 aliphatic carbocycles. The summed E-state index contributed by atoms with van der Waals surface area (Å²) in [7, 11) is 0. The molecular formula is C21H33N3O. The third-order valence-corrected chi connectivity index (χ3v) is 5.73. The van der Waals surface area contributed by atoms with E-state index in [4.69, 9.17) is 5.73 Å². The molecule has 0 saturated carbocycles. The Hall–Kier alpha value is -1.39. The van der Waals surface area contributed by atoms with Crippen molar-refractivity contribution in [3.63, 3.8) is 0 Å². The van der Waals surface area contributed by atoms with Gasteiger partial charge in [0.25, 0.3) is 0 Å². The Kier molecular flexibility index (Phi) is 5.49. The first-order valence-electron chi connectivity index (χ1n) is 9.70. The highest BCUT2D eigenvalue weighted by molar-refractivity contribution is 5.92. The van der Waals surface area contributed by atoms with Gasteiger partial charge in [0.15, 0.2) is 0 Å². The second kappa shape index (κ2) is 7.46. The number of amides is 1. The molecule has 2 saturated heterocycles. The number of carbonyl (C=O) groups excluding carboxylic acids is 1. The molecule has 0 spiro atoms. The van der Waals surface area contributed by atoms with Crippen LogP contribution in [-0.2, 0) is 0 Å². The smallest absolute Gasteiger partial charge is 0.248 e. The van der Waals surface area contributed by atoms with Gasteiger partial charge in [0, 0.05) is 37.3 Å². The largest absolute Gasteiger partial charge is 0.366 e. The summed E-state index contributed by atoms with van der Waals surface area (Å²) >= 11 is 0. The second-order valence-electron chi connectivity index (χ2n) is 9.02. The van der Waals surface area contributed by atoms with Crippen LogP contribution in [0.3, 0.4) is 0 Å². The van der Waals surface area contributed by atoms with Gasteiger partial charge in [-0.05, 0) is 54.7 Å². The third-order valence-electron chi connectivity index (χ3n) is 5.73. The third kappa shape index (κ3) is 4.62. The molecule has 1 aromatic carbocycles. The summed E-state index contributed by atoms with van der Waals surface area (Å²) in [4.78, 5) is 14.2. The molecular weight excluding hydrogens is 310 g/mol. The van der Waals surface area contributed by atoms with Crippen LogP contribution in [0.2, 0.25) is 0 Å². The number of benzene rings is 1. The van der Waals surface area contributed by atoms with Gasteiger partial charge in [-0.15, -0.1) is 0 Å². The number of fused-ring (bicyclic) bond motifs is 2. The van der Waals surface area contributed by atoms with Gasteiger partial charge >= 0.3 is 0 Å². The van der Waals surface area contributed by atoms with Gasteiger partial charge in [0.1, 0.15) is 0 Å². The number of hydrogen-bond donors (Lipinski definition) is 2. The molecule has 3 atom stereocenters. The van der Waals surface area contributed by atoms with Crippen molar-refractivity contribution in [3.8, 4) is 0 Å². The molecule has 1 amide bonds. The monoisotopic (exact) mass is 343 g/mol. The lowest BCUT2D eigenvalue weighted by molar-refractivity contribution is 0.1000. The maximum Gasteiger partial charge on any atom is 0.248 e. The lowest BCUT2D eigenvalue weighted by Crippen LogP contribution is -2.45. The van der Waals surface area contributed by atoms with Crippen molar-refractivity contribution in [3.05, 3.63) is 35.4 Å². The molecule has 2 fully saturated rings. The standard InChI is InChI=1S/C21H33N3O/c1-21(2,3)14-23-9-10-24-18-7-8-19(24)13-17(12-18)15-5-4-6-16(11-15)20(22)25/h4-6,11,17-19,23H,7-10,12-14H2,1-3H3,(H2,22,25)/t17?,18-,19+. The number of rotatable bonds is 6. The highest BCUT2D eigenvalue weighted by atomic mass is 16.1. The minimum absolute atomic E-state index is 0.327. The van der Waals surface area contributed by atoms with E-state index in [0.717, 1.165) is 19.6 Å². The first-order valence-corrected chi connectivity index (χ1v) is 9.70. The van der Waals surface area contributed by atoms with Gasteiger partial charge in [-0.1, -0.05) is 32.9 Å². The molecule has 1 unspecified atom stereocenters. The average molecular weight is 344 g/mol. The van der Waals surface area contributed by atoms with Crippen LogP contribution in [-0.4, -0.2) is 42.5 Å². The predicted octanol–water partition coefficient (Wildman–Crippen LogP) is 3.13. The Labute approximate surface area is 152 Å². The molecule has 3 rings (SSSR count). The van der Waals surface area contributed by atoms with Crippen molar-refractivity contribution < 1.29 is 4.79 Å². The summed E-state index contributed by atoms with van der Waals surface area (Å²) in [5, 5.41) is 3.61. The summed E-state index contributed by atoms with van der Waals surface area (Å²) in [5.74, 6) is 0.239. The SMILES string of the molecule is CC(C)(C)CNCCN1[C@@H]2CC[C@H]1CC(c1cccc(C(N)=O)c1)C2. The van der Waals surface area contributed by atoms with E-state index in [0.29, 0.717) is 29.0 Å². The maximum atomic E-state index is 11.5. The molecule has 2 aliphatic heterocycles. The summed E-state index contributed by atoms with van der Waals surface area (Å²) in [6.45, 7) is 10.1. The van der Waals surface area contributed by atoms with Crippen LogP contribution in [0.4, 0.5) is 0 Å². The average Bonchev–Trinajstić information content (AvgIpc) is 2.78. The van der Waals surface area contributed by atoms with Crippen LogP contribution in [0.1, 0.15) is 68.3 Å². The van der Waals surface area contributed by atoms with Crippen molar-refractivity contribution in [1.82, 2.24) is 10.2 Å². The van der Waals surface area contributed by atoms with Crippen LogP contribution in [0.15, 0.2) is 24.3 Å². The highest BCUT2D eigenvalue weighted by Crippen LogP contribution is 2.42. The lowest BCUT2D eigenvalue weighted by atomic mass is 9.84. The van der Waals surface area contributed by atoms with Crippen LogP contribution < -0.4 is 11.1 Å². The van der Waals surface area contributed by atoms with E-state index in [1.807, 2.05) is 18.2 Å². The Morgan fingerprint density at radius 1 is 1.24 bits per heavy atom. The lowest BCUT2D eigenvalue weighted by Gasteiger charge is -2.39. The Balaban J connectivity index is 1.57. The predicted molar refractivity (Wildman–Crippen MR) is 103 cm³/mol. The molecule has 2 aliphatic rings. The van der Waals surface area contributed by atoms with Crippen LogP contribution in [0, 0.1) is 5.41 Å². The molecule has 3 N–H and O–H groups in total. The first kappa shape index (κ1) is 18.4. The molecule has 25 heavy (non-hydrogen) atoms. The molecule has 0 aromatic heterocycles. The quantitative estimate of drug-likeness (QED) is 0.780. The van der Waals surface area contributed by atoms with E-state index in [-0.39, 0.29) is 5.91 Å². The van der Waals surface area contributed by atoms with E-state index >= 15 is 0 Å². The topological polar surface area (TPSA) is 58.4 Å². The van der Waals surface area contributed by atoms with Crippen molar-refractivity contribution in [2.45, 2.75) is 64.5 Å². The van der Waals surface area contributed by atoms with Crippen molar-refractivity contribution >= 4 is 5.91 Å². The zero-order chi connectivity index (χ0) is 18.0. The summed E-state index contributed by atoms with van der Waals surface area (Å²) in [5.41, 5.74) is 7.72. The fourth-order valence-corrected chi connectivity index (χ4v) is 4.53. The number of piperidine rings is 1. The molecule has 1 aromatic rings. The summed E-state index contributed by atoms with van der Waals surface area (Å²) < 4.78 is 0. The minimum atomic E-state index is -0.327. The number of nitrogens with two attached hydrogens (primary N) is 1. The van der Waals surface area contributed by atoms with E-state index < -0.39 is 0 Å². The number of nitrogens with one attached hydrogen (secondary N) is 1. The van der Waals surface area contributed by atoms with Crippen LogP contribution in [0.5, 0.6) is 0 Å². The fraction of sp³-hybridized carbons (Fsp3) is 0.667. The maximum absolute atomic E-state index is 11.5. The summed E-state index contributed by atoms with van der Waals surface area (Å²) in [6, 6.07) is 9.34. The fourth-order valence-electron chi connectivity index (χ4n) is 4.53. The van der Waals surface area contributed by atoms with Crippen LogP contribution >= 0.6 is 0 Å². The number of primary amides is 1. The van der Waals surface area contributed by atoms with Gasteiger partial charge in [0.2, 0.25) is 5.91 Å². The Morgan fingerprint density at radius 3 is 2.52 bits per heavy atom. The zero-order valence-corrected chi connectivity index (χ0v) is 15.9. The normalized spacial score (nSPS) is 26.8. The zero-order valence-electron chi connectivity index (χ0n) is 15.9. The molecule has 2 heterocycles. The van der Waals surface area contributed by atoms with Crippen molar-refractivity contribution in [2.75, 3.05) is 19.6 Å². The first-order chi connectivity index (χ1) is 11.8. The molecule has 0 radical (unpaired) electrons. The number of hydrogen-bond acceptors (Lipinski definition) is 3. The highest BCUT2D eigenvalue weighted by Gasteiger charge is 2.40. The second-order valence-corrected chi connectivity index (χ2v) is 9.02. The molecule has 4 nitrogen and oxygen atoms in total. The Bertz CT molecular complexity index is 593. The minimum Gasteiger partial charge on any atom is -0.366 e. The van der Waals surface area contributed by atoms with Crippen molar-refractivity contribution in [2.24, 2.45) is 11.1 Å². The van der Waals surface area contributed by atoms with E-state index in [1.54, 1.807) is 0 Å². The van der Waals surface area contributed by atoms with Gasteiger partial charge in [0.05, 0.1) is 0 Å². The van der Waals surface area contributed by atoms with Gasteiger partial charge < -0.3 is 11.1 Å². The number of carbonyl (C=O) groups is 1. The van der Waals surface area contributed by atoms with E-state index in [1.165, 1.54) is 31.2 Å². The number of nitrogens with zero attached hydrogens (tertiary/aromatic N) is 1. The van der Waals surface area contributed by atoms with Crippen LogP contribution in [0.25, 0.3) is 0 Å². The van der Waals surface area contributed by atoms with Gasteiger partial charge in [-0.2, -0.15) is 0 Å². The van der Waals surface area contributed by atoms with Crippen molar-refractivity contribution in [1.29, 1.82) is 0 Å². The van der Waals surface area contributed by atoms with Gasteiger partial charge in [-0.3, -0.25) is 9.69 Å². The van der Waals surface area contributed by atoms with E-state index in [9.17, 15) is 4.79 Å². The van der Waals surface area contributed by atoms with Gasteiger partial charge in [-0.25, -0.2) is 0 Å².